The monoisotopic (exact) mass is 428 g/mol. The lowest BCUT2D eigenvalue weighted by Gasteiger charge is -2.26. The first kappa shape index (κ1) is 19.9. The molecule has 3 heterocycles. The Kier molecular flexibility index (Phi) is 5.32. The third-order valence-corrected chi connectivity index (χ3v) is 7.60. The van der Waals surface area contributed by atoms with Crippen LogP contribution in [-0.4, -0.2) is 49.0 Å². The van der Waals surface area contributed by atoms with E-state index in [0.29, 0.717) is 31.2 Å². The quantitative estimate of drug-likeness (QED) is 0.533. The Balaban J connectivity index is 0.00000205. The van der Waals surface area contributed by atoms with Gasteiger partial charge in [0.2, 0.25) is 10.0 Å². The van der Waals surface area contributed by atoms with Crippen LogP contribution in [0.15, 0.2) is 58.9 Å². The average molecular weight is 429 g/mol. The van der Waals surface area contributed by atoms with Crippen molar-refractivity contribution in [2.24, 2.45) is 0 Å². The summed E-state index contributed by atoms with van der Waals surface area (Å²) in [4.78, 5) is 9.37. The molecule has 0 bridgehead atoms. The lowest BCUT2D eigenvalue weighted by atomic mass is 10.1. The second-order valence-corrected chi connectivity index (χ2v) is 9.43. The molecular formula is C20H20N4O3S2. The maximum absolute atomic E-state index is 12.9. The zero-order valence-corrected chi connectivity index (χ0v) is 17.2. The third-order valence-electron chi connectivity index (χ3n) is 4.89. The molecule has 29 heavy (non-hydrogen) atoms. The highest BCUT2D eigenvalue weighted by Crippen LogP contribution is 2.27. The molecule has 1 aliphatic heterocycles. The highest BCUT2D eigenvalue weighted by atomic mass is 32.2. The first-order valence-corrected chi connectivity index (χ1v) is 11.3. The summed E-state index contributed by atoms with van der Waals surface area (Å²) in [6.07, 6.45) is 0. The SMILES string of the molecule is N.O=S(=O)(c1ccc2nc(-c3ccc4scnc4c3)ccc2c1)N1CCOCC1. The van der Waals surface area contributed by atoms with Gasteiger partial charge in [-0.1, -0.05) is 12.1 Å². The number of hydrogen-bond acceptors (Lipinski definition) is 7. The van der Waals surface area contributed by atoms with Crippen LogP contribution in [0.1, 0.15) is 0 Å². The number of morpholine rings is 1. The van der Waals surface area contributed by atoms with E-state index in [1.54, 1.807) is 29.5 Å². The summed E-state index contributed by atoms with van der Waals surface area (Å²) in [5.74, 6) is 0. The summed E-state index contributed by atoms with van der Waals surface area (Å²) in [6, 6.07) is 15.0. The summed E-state index contributed by atoms with van der Waals surface area (Å²) in [6.45, 7) is 1.63. The zero-order chi connectivity index (χ0) is 19.1. The van der Waals surface area contributed by atoms with Crippen molar-refractivity contribution < 1.29 is 13.2 Å². The molecule has 7 nitrogen and oxygen atoms in total. The lowest BCUT2D eigenvalue weighted by molar-refractivity contribution is 0.0730. The van der Waals surface area contributed by atoms with Crippen molar-refractivity contribution in [2.75, 3.05) is 26.3 Å². The largest absolute Gasteiger partial charge is 0.379 e. The predicted molar refractivity (Wildman–Crippen MR) is 115 cm³/mol. The van der Waals surface area contributed by atoms with Crippen molar-refractivity contribution in [1.29, 1.82) is 0 Å². The number of rotatable bonds is 3. The van der Waals surface area contributed by atoms with Gasteiger partial charge in [-0.2, -0.15) is 4.31 Å². The van der Waals surface area contributed by atoms with E-state index in [0.717, 1.165) is 32.4 Å². The highest BCUT2D eigenvalue weighted by molar-refractivity contribution is 7.89. The maximum atomic E-state index is 12.9. The number of ether oxygens (including phenoxy) is 1. The van der Waals surface area contributed by atoms with Crippen molar-refractivity contribution in [3.05, 3.63) is 54.0 Å². The minimum Gasteiger partial charge on any atom is -0.379 e. The molecule has 0 atom stereocenters. The predicted octanol–water partition coefficient (Wildman–Crippen LogP) is 3.69. The van der Waals surface area contributed by atoms with Crippen molar-refractivity contribution >= 4 is 42.5 Å². The van der Waals surface area contributed by atoms with Crippen LogP contribution in [0, 0.1) is 0 Å². The number of nitrogens with zero attached hydrogens (tertiary/aromatic N) is 3. The summed E-state index contributed by atoms with van der Waals surface area (Å²) in [7, 11) is -3.52. The van der Waals surface area contributed by atoms with Gasteiger partial charge in [0.1, 0.15) is 0 Å². The van der Waals surface area contributed by atoms with Crippen molar-refractivity contribution in [2.45, 2.75) is 4.90 Å². The van der Waals surface area contributed by atoms with E-state index in [4.69, 9.17) is 9.72 Å². The van der Waals surface area contributed by atoms with E-state index in [1.807, 2.05) is 35.8 Å². The van der Waals surface area contributed by atoms with E-state index in [-0.39, 0.29) is 6.15 Å². The molecule has 1 aliphatic rings. The van der Waals surface area contributed by atoms with Crippen LogP contribution in [0.3, 0.4) is 0 Å². The molecule has 2 aromatic carbocycles. The highest BCUT2D eigenvalue weighted by Gasteiger charge is 2.26. The minimum absolute atomic E-state index is 0. The van der Waals surface area contributed by atoms with Crippen LogP contribution in [-0.2, 0) is 14.8 Å². The molecule has 0 amide bonds. The Morgan fingerprint density at radius 3 is 2.62 bits per heavy atom. The minimum atomic E-state index is -3.52. The van der Waals surface area contributed by atoms with Crippen LogP contribution in [0.5, 0.6) is 0 Å². The molecule has 4 aromatic rings. The van der Waals surface area contributed by atoms with Gasteiger partial charge in [-0.25, -0.2) is 18.4 Å². The van der Waals surface area contributed by atoms with E-state index in [1.165, 1.54) is 4.31 Å². The Morgan fingerprint density at radius 2 is 1.79 bits per heavy atom. The Labute approximate surface area is 172 Å². The number of sulfonamides is 1. The van der Waals surface area contributed by atoms with E-state index >= 15 is 0 Å². The molecule has 0 spiro atoms. The van der Waals surface area contributed by atoms with Crippen LogP contribution in [0.4, 0.5) is 0 Å². The first-order valence-electron chi connectivity index (χ1n) is 8.94. The number of thiazole rings is 1. The van der Waals surface area contributed by atoms with Gasteiger partial charge in [-0.05, 0) is 36.4 Å². The van der Waals surface area contributed by atoms with Gasteiger partial charge in [-0.3, -0.25) is 0 Å². The molecule has 1 saturated heterocycles. The molecule has 2 aromatic heterocycles. The fourth-order valence-corrected chi connectivity index (χ4v) is 5.48. The zero-order valence-electron chi connectivity index (χ0n) is 15.6. The summed E-state index contributed by atoms with van der Waals surface area (Å²) < 4.78 is 33.6. The average Bonchev–Trinajstić information content (AvgIpc) is 3.21. The number of aromatic nitrogens is 2. The van der Waals surface area contributed by atoms with Gasteiger partial charge in [0.05, 0.1) is 45.0 Å². The van der Waals surface area contributed by atoms with E-state index < -0.39 is 10.0 Å². The standard InChI is InChI=1S/C20H17N3O3S2.H3N/c24-28(25,23-7-9-26-10-8-23)16-3-5-18-14(11-16)1-4-17(22-18)15-2-6-20-19(12-15)21-13-27-20;/h1-6,11-13H,7-10H2;1H3. The molecule has 1 fully saturated rings. The summed E-state index contributed by atoms with van der Waals surface area (Å²) in [5.41, 5.74) is 5.38. The topological polar surface area (TPSA) is 107 Å². The van der Waals surface area contributed by atoms with Crippen molar-refractivity contribution in [3.63, 3.8) is 0 Å². The smallest absolute Gasteiger partial charge is 0.243 e. The fourth-order valence-electron chi connectivity index (χ4n) is 3.38. The molecule has 0 aliphatic carbocycles. The van der Waals surface area contributed by atoms with Gasteiger partial charge < -0.3 is 10.9 Å². The molecule has 0 unspecified atom stereocenters. The first-order chi connectivity index (χ1) is 13.6. The maximum Gasteiger partial charge on any atom is 0.243 e. The molecule has 0 radical (unpaired) electrons. The van der Waals surface area contributed by atoms with Crippen LogP contribution in [0.2, 0.25) is 0 Å². The Hall–Kier alpha value is -2.43. The Morgan fingerprint density at radius 1 is 0.966 bits per heavy atom. The molecular weight excluding hydrogens is 408 g/mol. The molecule has 9 heteroatoms. The van der Waals surface area contributed by atoms with Crippen molar-refractivity contribution in [3.8, 4) is 11.3 Å². The third kappa shape index (κ3) is 3.63. The van der Waals surface area contributed by atoms with Crippen molar-refractivity contribution in [1.82, 2.24) is 20.4 Å². The fraction of sp³-hybridized carbons (Fsp3) is 0.200. The van der Waals surface area contributed by atoms with Gasteiger partial charge in [0, 0.05) is 24.0 Å². The number of pyridine rings is 1. The lowest BCUT2D eigenvalue weighted by Crippen LogP contribution is -2.40. The molecule has 5 rings (SSSR count). The molecule has 3 N–H and O–H groups in total. The second-order valence-electron chi connectivity index (χ2n) is 6.60. The van der Waals surface area contributed by atoms with Gasteiger partial charge >= 0.3 is 0 Å². The normalized spacial score (nSPS) is 15.4. The van der Waals surface area contributed by atoms with Crippen LogP contribution in [0.25, 0.3) is 32.4 Å². The van der Waals surface area contributed by atoms with Crippen LogP contribution >= 0.6 is 11.3 Å². The van der Waals surface area contributed by atoms with Crippen LogP contribution < -0.4 is 6.15 Å². The number of benzene rings is 2. The Bertz CT molecular complexity index is 1280. The number of hydrogen-bond donors (Lipinski definition) is 1. The summed E-state index contributed by atoms with van der Waals surface area (Å²) in [5, 5.41) is 0.799. The van der Waals surface area contributed by atoms with E-state index in [2.05, 4.69) is 4.98 Å². The van der Waals surface area contributed by atoms with Gasteiger partial charge in [0.25, 0.3) is 0 Å². The van der Waals surface area contributed by atoms with Gasteiger partial charge in [-0.15, -0.1) is 11.3 Å². The number of fused-ring (bicyclic) bond motifs is 2. The summed E-state index contributed by atoms with van der Waals surface area (Å²) >= 11 is 1.61. The molecule has 150 valence electrons. The second kappa shape index (κ2) is 7.77. The molecule has 0 saturated carbocycles. The van der Waals surface area contributed by atoms with Gasteiger partial charge in [0.15, 0.2) is 0 Å². The van der Waals surface area contributed by atoms with E-state index in [9.17, 15) is 8.42 Å².